The number of carbonyl (C=O) groups excluding carboxylic acids is 2. The van der Waals surface area contributed by atoms with Gasteiger partial charge in [0, 0.05) is 12.4 Å². The molecule has 0 unspecified atom stereocenters. The first-order chi connectivity index (χ1) is 14.5. The molecule has 0 bridgehead atoms. The summed E-state index contributed by atoms with van der Waals surface area (Å²) in [4.78, 5) is 47.1. The van der Waals surface area contributed by atoms with E-state index in [2.05, 4.69) is 19.8 Å². The van der Waals surface area contributed by atoms with Crippen LogP contribution in [0.2, 0.25) is 0 Å². The molecular weight excluding hydrogens is 406 g/mol. The second kappa shape index (κ2) is 8.29. The SMILES string of the molecule is C[n+]1[nH]oc(=O)c1C(=O)CSC1=N/C(=C/c2ccncc2)C(=O)N1c1ccccc1. The zero-order chi connectivity index (χ0) is 21.1. The van der Waals surface area contributed by atoms with Crippen LogP contribution < -0.4 is 15.2 Å². The Morgan fingerprint density at radius 3 is 2.60 bits per heavy atom. The highest BCUT2D eigenvalue weighted by atomic mass is 32.2. The number of benzene rings is 1. The number of Topliss-reactive ketones (excluding diaryl/α,β-unsaturated/α-hetero) is 1. The summed E-state index contributed by atoms with van der Waals surface area (Å²) >= 11 is 1.07. The van der Waals surface area contributed by atoms with E-state index in [1.165, 1.54) is 16.6 Å². The van der Waals surface area contributed by atoms with E-state index in [1.807, 2.05) is 18.2 Å². The van der Waals surface area contributed by atoms with E-state index in [1.54, 1.807) is 42.7 Å². The summed E-state index contributed by atoms with van der Waals surface area (Å²) in [5, 5.41) is 2.66. The van der Waals surface area contributed by atoms with Crippen molar-refractivity contribution >= 4 is 40.4 Å². The molecule has 9 nitrogen and oxygen atoms in total. The van der Waals surface area contributed by atoms with Crippen molar-refractivity contribution < 1.29 is 18.8 Å². The van der Waals surface area contributed by atoms with Crippen molar-refractivity contribution in [3.8, 4) is 0 Å². The predicted molar refractivity (Wildman–Crippen MR) is 111 cm³/mol. The summed E-state index contributed by atoms with van der Waals surface area (Å²) in [6.07, 6.45) is 4.92. The summed E-state index contributed by atoms with van der Waals surface area (Å²) in [6, 6.07) is 12.6. The number of aromatic amines is 1. The third kappa shape index (κ3) is 3.85. The summed E-state index contributed by atoms with van der Waals surface area (Å²) in [5.41, 5.74) is 0.805. The van der Waals surface area contributed by atoms with Gasteiger partial charge in [0.05, 0.1) is 11.4 Å². The van der Waals surface area contributed by atoms with Gasteiger partial charge in [-0.15, -0.1) is 0 Å². The van der Waals surface area contributed by atoms with Gasteiger partial charge in [0.1, 0.15) is 5.70 Å². The zero-order valence-electron chi connectivity index (χ0n) is 15.8. The van der Waals surface area contributed by atoms with Crippen molar-refractivity contribution in [3.05, 3.63) is 82.2 Å². The molecule has 3 heterocycles. The maximum Gasteiger partial charge on any atom is 0.438 e. The van der Waals surface area contributed by atoms with Gasteiger partial charge in [0.2, 0.25) is 5.78 Å². The number of carbonyl (C=O) groups is 2. The van der Waals surface area contributed by atoms with E-state index in [0.29, 0.717) is 10.9 Å². The maximum absolute atomic E-state index is 13.1. The van der Waals surface area contributed by atoms with E-state index in [4.69, 9.17) is 0 Å². The number of H-pyrrole nitrogens is 1. The van der Waals surface area contributed by atoms with Crippen LogP contribution in [0, 0.1) is 0 Å². The molecule has 10 heteroatoms. The lowest BCUT2D eigenvalue weighted by molar-refractivity contribution is -0.741. The summed E-state index contributed by atoms with van der Waals surface area (Å²) in [6.45, 7) is 0. The normalized spacial score (nSPS) is 15.0. The average molecular weight is 422 g/mol. The fourth-order valence-electron chi connectivity index (χ4n) is 2.86. The number of amides is 1. The van der Waals surface area contributed by atoms with E-state index >= 15 is 0 Å². The van der Waals surface area contributed by atoms with Gasteiger partial charge in [-0.1, -0.05) is 34.6 Å². The molecule has 0 saturated carbocycles. The van der Waals surface area contributed by atoms with Crippen LogP contribution in [0.15, 0.2) is 74.9 Å². The highest BCUT2D eigenvalue weighted by Crippen LogP contribution is 2.29. The molecule has 1 N–H and O–H groups in total. The minimum Gasteiger partial charge on any atom is -0.286 e. The van der Waals surface area contributed by atoms with Gasteiger partial charge in [0.15, 0.2) is 12.2 Å². The van der Waals surface area contributed by atoms with Crippen molar-refractivity contribution in [2.75, 3.05) is 10.7 Å². The third-order valence-corrected chi connectivity index (χ3v) is 5.19. The molecule has 0 saturated heterocycles. The molecule has 30 heavy (non-hydrogen) atoms. The Balaban J connectivity index is 1.64. The van der Waals surface area contributed by atoms with Gasteiger partial charge >= 0.3 is 11.3 Å². The molecule has 150 valence electrons. The first-order valence-corrected chi connectivity index (χ1v) is 9.86. The Kier molecular flexibility index (Phi) is 5.40. The number of aryl methyl sites for hydroxylation is 1. The fourth-order valence-corrected chi connectivity index (χ4v) is 3.73. The Bertz CT molecular complexity index is 1210. The lowest BCUT2D eigenvalue weighted by atomic mass is 10.2. The molecule has 1 aliphatic rings. The van der Waals surface area contributed by atoms with Crippen molar-refractivity contribution in [2.45, 2.75) is 0 Å². The molecule has 0 fully saturated rings. The number of nitrogens with zero attached hydrogens (tertiary/aromatic N) is 4. The lowest BCUT2D eigenvalue weighted by Crippen LogP contribution is -2.40. The van der Waals surface area contributed by atoms with Gasteiger partial charge in [-0.05, 0) is 41.2 Å². The molecule has 1 amide bonds. The van der Waals surface area contributed by atoms with Gasteiger partial charge in [-0.2, -0.15) is 0 Å². The summed E-state index contributed by atoms with van der Waals surface area (Å²) in [5.74, 6) is -0.832. The second-order valence-electron chi connectivity index (χ2n) is 6.28. The smallest absolute Gasteiger partial charge is 0.286 e. The van der Waals surface area contributed by atoms with Crippen molar-refractivity contribution in [1.29, 1.82) is 0 Å². The minimum atomic E-state index is -0.745. The molecule has 3 aromatic rings. The fraction of sp³-hybridized carbons (Fsp3) is 0.100. The molecule has 0 aliphatic carbocycles. The van der Waals surface area contributed by atoms with Crippen LogP contribution in [0.4, 0.5) is 5.69 Å². The minimum absolute atomic E-state index is 0.0889. The number of ketones is 1. The Morgan fingerprint density at radius 2 is 1.93 bits per heavy atom. The van der Waals surface area contributed by atoms with Crippen LogP contribution in [-0.2, 0) is 11.8 Å². The number of aliphatic imine (C=N–C) groups is 1. The van der Waals surface area contributed by atoms with Crippen molar-refractivity contribution in [2.24, 2.45) is 12.0 Å². The van der Waals surface area contributed by atoms with Crippen LogP contribution in [0.1, 0.15) is 16.1 Å². The Labute approximate surface area is 174 Å². The van der Waals surface area contributed by atoms with E-state index < -0.39 is 11.4 Å². The highest BCUT2D eigenvalue weighted by molar-refractivity contribution is 8.14. The number of hydrogen-bond donors (Lipinski definition) is 1. The molecular formula is C20H16N5O4S+. The second-order valence-corrected chi connectivity index (χ2v) is 7.22. The Morgan fingerprint density at radius 1 is 1.20 bits per heavy atom. The monoisotopic (exact) mass is 422 g/mol. The third-order valence-electron chi connectivity index (χ3n) is 4.25. The molecule has 0 atom stereocenters. The maximum atomic E-state index is 13.1. The Hall–Kier alpha value is -3.79. The van der Waals surface area contributed by atoms with Gasteiger partial charge in [-0.25, -0.2) is 9.79 Å². The molecule has 1 aliphatic heterocycles. The molecule has 0 radical (unpaired) electrons. The van der Waals surface area contributed by atoms with Crippen molar-refractivity contribution in [3.63, 3.8) is 0 Å². The number of thioether (sulfide) groups is 1. The first-order valence-electron chi connectivity index (χ1n) is 8.88. The van der Waals surface area contributed by atoms with Crippen LogP contribution >= 0.6 is 11.8 Å². The number of nitrogens with one attached hydrogen (secondary N) is 1. The van der Waals surface area contributed by atoms with E-state index in [9.17, 15) is 14.4 Å². The zero-order valence-corrected chi connectivity index (χ0v) is 16.6. The highest BCUT2D eigenvalue weighted by Gasteiger charge is 2.34. The van der Waals surface area contributed by atoms with Gasteiger partial charge < -0.3 is 0 Å². The predicted octanol–water partition coefficient (Wildman–Crippen LogP) is 1.55. The standard InChI is InChI=1S/C20H15N5O4S/c1-24-17(19(28)29-23-24)16(26)12-30-20-22-15(11-13-7-9-21-10-8-13)18(27)25(20)14-5-3-2-4-6-14/h2-11H,12H2,1H3/p+1/b15-11+. The number of para-hydroxylation sites is 1. The largest absolute Gasteiger partial charge is 0.438 e. The van der Waals surface area contributed by atoms with E-state index in [0.717, 1.165) is 17.3 Å². The quantitative estimate of drug-likeness (QED) is 0.379. The molecule has 2 aromatic heterocycles. The molecule has 0 spiro atoms. The molecule has 1 aromatic carbocycles. The summed E-state index contributed by atoms with van der Waals surface area (Å²) in [7, 11) is 1.51. The van der Waals surface area contributed by atoms with Gasteiger partial charge in [0.25, 0.3) is 5.91 Å². The van der Waals surface area contributed by atoms with Crippen LogP contribution in [0.5, 0.6) is 0 Å². The van der Waals surface area contributed by atoms with Gasteiger partial charge in [-0.3, -0.25) is 24.0 Å². The number of hydrogen-bond acceptors (Lipinski definition) is 7. The first kappa shape index (κ1) is 19.5. The number of amidine groups is 1. The topological polar surface area (TPSA) is 113 Å². The van der Waals surface area contributed by atoms with Crippen LogP contribution in [0.25, 0.3) is 6.08 Å². The van der Waals surface area contributed by atoms with Crippen molar-refractivity contribution in [1.82, 2.24) is 10.3 Å². The number of anilines is 1. The van der Waals surface area contributed by atoms with Crippen LogP contribution in [-0.4, -0.2) is 32.9 Å². The summed E-state index contributed by atoms with van der Waals surface area (Å²) < 4.78 is 5.84. The average Bonchev–Trinajstić information content (AvgIpc) is 3.26. The van der Waals surface area contributed by atoms with Crippen LogP contribution in [0.3, 0.4) is 0 Å². The van der Waals surface area contributed by atoms with E-state index in [-0.39, 0.29) is 23.1 Å². The molecule has 4 rings (SSSR count). The number of aromatic nitrogens is 3. The number of pyridine rings is 1. The lowest BCUT2D eigenvalue weighted by Gasteiger charge is -2.17. The number of rotatable bonds is 5.